The van der Waals surface area contributed by atoms with Crippen LogP contribution in [0.15, 0.2) is 88.6 Å². The molecule has 3 aromatic carbocycles. The van der Waals surface area contributed by atoms with E-state index in [1.807, 2.05) is 30.3 Å². The summed E-state index contributed by atoms with van der Waals surface area (Å²) in [5.41, 5.74) is 1.82. The number of esters is 1. The van der Waals surface area contributed by atoms with Gasteiger partial charge in [-0.25, -0.2) is 14.7 Å². The highest BCUT2D eigenvalue weighted by Crippen LogP contribution is 2.34. The SMILES string of the molecule is O=C(COC(=O)c1ccc(N2C(=O)CC(Sc3nncc(-c4cc5ccccc5o4)n3)C2=O)cc1)c1ccc(Cl)c(Cl)c1. The van der Waals surface area contributed by atoms with Crippen molar-refractivity contribution in [2.24, 2.45) is 0 Å². The van der Waals surface area contributed by atoms with E-state index in [0.717, 1.165) is 22.0 Å². The molecule has 1 atom stereocenters. The van der Waals surface area contributed by atoms with Crippen molar-refractivity contribution >= 4 is 75.2 Å². The quantitative estimate of drug-likeness (QED) is 0.113. The summed E-state index contributed by atoms with van der Waals surface area (Å²) in [4.78, 5) is 56.4. The Bertz CT molecular complexity index is 1880. The molecule has 1 unspecified atom stereocenters. The van der Waals surface area contributed by atoms with Crippen molar-refractivity contribution in [1.29, 1.82) is 0 Å². The monoisotopic (exact) mass is 632 g/mol. The van der Waals surface area contributed by atoms with Gasteiger partial charge in [0.15, 0.2) is 18.2 Å². The molecule has 1 fully saturated rings. The van der Waals surface area contributed by atoms with Crippen molar-refractivity contribution < 1.29 is 28.3 Å². The second kappa shape index (κ2) is 12.0. The number of fused-ring (bicyclic) bond motifs is 1. The third-order valence-electron chi connectivity index (χ3n) is 6.51. The second-order valence-corrected chi connectivity index (χ2v) is 11.3. The highest BCUT2D eigenvalue weighted by molar-refractivity contribution is 8.00. The molecule has 5 aromatic rings. The molecule has 6 rings (SSSR count). The molecular weight excluding hydrogens is 615 g/mol. The highest BCUT2D eigenvalue weighted by Gasteiger charge is 2.41. The Morgan fingerprint density at radius 1 is 0.977 bits per heavy atom. The van der Waals surface area contributed by atoms with E-state index in [4.69, 9.17) is 32.4 Å². The lowest BCUT2D eigenvalue weighted by Crippen LogP contribution is -2.31. The van der Waals surface area contributed by atoms with Gasteiger partial charge in [0.05, 0.1) is 27.5 Å². The predicted octanol–water partition coefficient (Wildman–Crippen LogP) is 6.06. The number of nitrogens with zero attached hydrogens (tertiary/aromatic N) is 4. The summed E-state index contributed by atoms with van der Waals surface area (Å²) in [6, 6.07) is 19.5. The van der Waals surface area contributed by atoms with Crippen LogP contribution in [0, 0.1) is 0 Å². The van der Waals surface area contributed by atoms with E-state index in [9.17, 15) is 19.2 Å². The van der Waals surface area contributed by atoms with Crippen LogP contribution in [0.25, 0.3) is 22.4 Å². The van der Waals surface area contributed by atoms with E-state index < -0.39 is 35.4 Å². The van der Waals surface area contributed by atoms with Crippen molar-refractivity contribution in [3.8, 4) is 11.5 Å². The largest absolute Gasteiger partial charge is 0.454 e. The first-order chi connectivity index (χ1) is 20.8. The van der Waals surface area contributed by atoms with E-state index in [-0.39, 0.29) is 33.4 Å². The van der Waals surface area contributed by atoms with Gasteiger partial charge in [0.1, 0.15) is 16.5 Å². The summed E-state index contributed by atoms with van der Waals surface area (Å²) in [6.07, 6.45) is 1.40. The maximum absolute atomic E-state index is 13.2. The van der Waals surface area contributed by atoms with Gasteiger partial charge in [-0.2, -0.15) is 5.10 Å². The van der Waals surface area contributed by atoms with Crippen molar-refractivity contribution in [2.75, 3.05) is 11.5 Å². The number of Topliss-reactive ketones (excluding diaryl/α,β-unsaturated/α-hetero) is 1. The fraction of sp³-hybridized carbons (Fsp3) is 0.100. The number of hydrogen-bond donors (Lipinski definition) is 0. The molecule has 3 heterocycles. The third kappa shape index (κ3) is 6.00. The number of carbonyl (C=O) groups is 4. The minimum absolute atomic E-state index is 0.0671. The number of benzene rings is 3. The van der Waals surface area contributed by atoms with E-state index in [0.29, 0.717) is 22.1 Å². The van der Waals surface area contributed by atoms with E-state index >= 15 is 0 Å². The number of furan rings is 1. The van der Waals surface area contributed by atoms with Gasteiger partial charge in [-0.15, -0.1) is 5.10 Å². The van der Waals surface area contributed by atoms with Crippen LogP contribution in [-0.2, 0) is 14.3 Å². The van der Waals surface area contributed by atoms with Gasteiger partial charge in [-0.3, -0.25) is 14.4 Å². The minimum Gasteiger partial charge on any atom is -0.454 e. The second-order valence-electron chi connectivity index (χ2n) is 9.33. The average molecular weight is 633 g/mol. The third-order valence-corrected chi connectivity index (χ3v) is 8.28. The first-order valence-corrected chi connectivity index (χ1v) is 14.4. The van der Waals surface area contributed by atoms with Gasteiger partial charge < -0.3 is 9.15 Å². The molecule has 2 amide bonds. The molecular formula is C30H18Cl2N4O6S. The lowest BCUT2D eigenvalue weighted by atomic mass is 10.1. The first-order valence-electron chi connectivity index (χ1n) is 12.7. The zero-order chi connectivity index (χ0) is 30.1. The Kier molecular flexibility index (Phi) is 7.94. The average Bonchev–Trinajstić information content (AvgIpc) is 3.57. The number of ether oxygens (including phenoxy) is 1. The zero-order valence-electron chi connectivity index (χ0n) is 21.9. The number of aromatic nitrogens is 3. The number of hydrogen-bond acceptors (Lipinski definition) is 10. The van der Waals surface area contributed by atoms with Gasteiger partial charge in [0, 0.05) is 17.4 Å². The lowest BCUT2D eigenvalue weighted by molar-refractivity contribution is -0.121. The number of para-hydroxylation sites is 1. The van der Waals surface area contributed by atoms with E-state index in [1.54, 1.807) is 0 Å². The zero-order valence-corrected chi connectivity index (χ0v) is 24.2. The standard InChI is InChI=1S/C30H18Cl2N4O6S/c31-20-10-7-17(11-21(20)32)23(37)15-41-29(40)16-5-8-19(9-6-16)36-27(38)13-26(28(36)39)43-30-34-22(14-33-35-30)25-12-18-3-1-2-4-24(18)42-25/h1-12,14,26H,13,15H2. The Morgan fingerprint density at radius 3 is 2.51 bits per heavy atom. The lowest BCUT2D eigenvalue weighted by Gasteiger charge is -2.15. The van der Waals surface area contributed by atoms with Crippen molar-refractivity contribution in [2.45, 2.75) is 16.8 Å². The van der Waals surface area contributed by atoms with Crippen LogP contribution in [0.5, 0.6) is 0 Å². The highest BCUT2D eigenvalue weighted by atomic mass is 35.5. The predicted molar refractivity (Wildman–Crippen MR) is 159 cm³/mol. The van der Waals surface area contributed by atoms with Gasteiger partial charge in [-0.1, -0.05) is 53.2 Å². The molecule has 0 aliphatic carbocycles. The molecule has 1 saturated heterocycles. The fourth-order valence-electron chi connectivity index (χ4n) is 4.37. The first kappa shape index (κ1) is 28.5. The Morgan fingerprint density at radius 2 is 1.74 bits per heavy atom. The van der Waals surface area contributed by atoms with Gasteiger partial charge in [0.2, 0.25) is 17.0 Å². The maximum atomic E-state index is 13.2. The van der Waals surface area contributed by atoms with Crippen molar-refractivity contribution in [1.82, 2.24) is 15.2 Å². The molecule has 13 heteroatoms. The minimum atomic E-state index is -0.766. The van der Waals surface area contributed by atoms with Crippen LogP contribution in [0.2, 0.25) is 10.0 Å². The molecule has 1 aliphatic rings. The van der Waals surface area contributed by atoms with Crippen LogP contribution in [-0.4, -0.2) is 50.6 Å². The number of rotatable bonds is 8. The Hall–Kier alpha value is -4.58. The molecule has 43 heavy (non-hydrogen) atoms. The number of anilines is 1. The molecule has 1 aliphatic heterocycles. The van der Waals surface area contributed by atoms with E-state index in [2.05, 4.69) is 15.2 Å². The summed E-state index contributed by atoms with van der Waals surface area (Å²) < 4.78 is 11.0. The Labute approximate surface area is 258 Å². The summed E-state index contributed by atoms with van der Waals surface area (Å²) >= 11 is 12.8. The number of halogens is 2. The molecule has 0 saturated carbocycles. The van der Waals surface area contributed by atoms with Crippen LogP contribution < -0.4 is 4.90 Å². The van der Waals surface area contributed by atoms with Crippen LogP contribution in [0.1, 0.15) is 27.1 Å². The molecule has 214 valence electrons. The van der Waals surface area contributed by atoms with E-state index in [1.165, 1.54) is 48.7 Å². The van der Waals surface area contributed by atoms with Gasteiger partial charge in [-0.05, 0) is 54.6 Å². The molecule has 0 spiro atoms. The number of imide groups is 1. The molecule has 0 N–H and O–H groups in total. The maximum Gasteiger partial charge on any atom is 0.338 e. The summed E-state index contributed by atoms with van der Waals surface area (Å²) in [5.74, 6) is -1.56. The summed E-state index contributed by atoms with van der Waals surface area (Å²) in [6.45, 7) is -0.505. The molecule has 2 aromatic heterocycles. The van der Waals surface area contributed by atoms with Crippen LogP contribution in [0.4, 0.5) is 5.69 Å². The summed E-state index contributed by atoms with van der Waals surface area (Å²) in [5, 5.41) is 8.89. The van der Waals surface area contributed by atoms with Gasteiger partial charge >= 0.3 is 5.97 Å². The Balaban J connectivity index is 1.09. The van der Waals surface area contributed by atoms with Gasteiger partial charge in [0.25, 0.3) is 0 Å². The number of thioether (sulfide) groups is 1. The topological polar surface area (TPSA) is 133 Å². The van der Waals surface area contributed by atoms with Crippen molar-refractivity contribution in [3.63, 3.8) is 0 Å². The van der Waals surface area contributed by atoms with Crippen LogP contribution >= 0.6 is 35.0 Å². The van der Waals surface area contributed by atoms with Crippen molar-refractivity contribution in [3.05, 3.63) is 100 Å². The molecule has 10 nitrogen and oxygen atoms in total. The molecule has 0 bridgehead atoms. The fourth-order valence-corrected chi connectivity index (χ4v) is 5.60. The molecule has 0 radical (unpaired) electrons. The normalized spacial score (nSPS) is 14.8. The van der Waals surface area contributed by atoms with Crippen LogP contribution in [0.3, 0.4) is 0 Å². The number of amides is 2. The number of ketones is 1. The smallest absolute Gasteiger partial charge is 0.338 e. The number of carbonyl (C=O) groups excluding carboxylic acids is 4. The summed E-state index contributed by atoms with van der Waals surface area (Å²) in [7, 11) is 0.